The predicted molar refractivity (Wildman–Crippen MR) is 93.0 cm³/mol. The number of ether oxygens (including phenoxy) is 1. The van der Waals surface area contributed by atoms with Crippen LogP contribution in [-0.4, -0.2) is 13.1 Å². The monoisotopic (exact) mass is 324 g/mol. The number of urea groups is 1. The van der Waals surface area contributed by atoms with Crippen LogP contribution in [0, 0.1) is 0 Å². The lowest BCUT2D eigenvalue weighted by atomic mass is 10.2. The van der Waals surface area contributed by atoms with Gasteiger partial charge >= 0.3 is 6.03 Å². The molecule has 0 unspecified atom stereocenters. The standard InChI is InChI=1S/C19H20N2O3/c1-13(18-11-14-7-3-6-10-17(14)24-18)21-19(22)20-12-15-8-4-5-9-16(15)23-2/h3-11,13H,12H2,1-2H3,(H2,20,21,22)/t13-/m0/s1. The van der Waals surface area contributed by atoms with E-state index in [-0.39, 0.29) is 12.1 Å². The Bertz CT molecular complexity index is 808. The van der Waals surface area contributed by atoms with E-state index in [9.17, 15) is 4.79 Å². The highest BCUT2D eigenvalue weighted by Crippen LogP contribution is 2.23. The topological polar surface area (TPSA) is 63.5 Å². The highest BCUT2D eigenvalue weighted by Gasteiger charge is 2.14. The molecular weight excluding hydrogens is 304 g/mol. The first-order valence-electron chi connectivity index (χ1n) is 7.82. The fourth-order valence-electron chi connectivity index (χ4n) is 2.56. The van der Waals surface area contributed by atoms with Gasteiger partial charge in [0.25, 0.3) is 0 Å². The van der Waals surface area contributed by atoms with E-state index in [1.807, 2.05) is 61.5 Å². The van der Waals surface area contributed by atoms with Gasteiger partial charge in [-0.3, -0.25) is 0 Å². The minimum absolute atomic E-state index is 0.227. The smallest absolute Gasteiger partial charge is 0.315 e. The Morgan fingerprint density at radius 3 is 2.71 bits per heavy atom. The van der Waals surface area contributed by atoms with Crippen LogP contribution in [0.15, 0.2) is 59.0 Å². The van der Waals surface area contributed by atoms with Crippen LogP contribution < -0.4 is 15.4 Å². The van der Waals surface area contributed by atoms with Crippen LogP contribution in [0.4, 0.5) is 4.79 Å². The Morgan fingerprint density at radius 2 is 1.92 bits per heavy atom. The van der Waals surface area contributed by atoms with E-state index in [4.69, 9.17) is 9.15 Å². The molecule has 0 aliphatic heterocycles. The van der Waals surface area contributed by atoms with Crippen LogP contribution in [0.2, 0.25) is 0 Å². The van der Waals surface area contributed by atoms with Crippen LogP contribution in [-0.2, 0) is 6.54 Å². The molecule has 0 aliphatic rings. The normalized spacial score (nSPS) is 11.9. The van der Waals surface area contributed by atoms with E-state index in [1.54, 1.807) is 7.11 Å². The summed E-state index contributed by atoms with van der Waals surface area (Å²) in [5.74, 6) is 1.48. The summed E-state index contributed by atoms with van der Waals surface area (Å²) in [7, 11) is 1.61. The number of carbonyl (C=O) groups is 1. The van der Waals surface area contributed by atoms with Gasteiger partial charge in [0, 0.05) is 17.5 Å². The molecule has 124 valence electrons. The molecule has 3 rings (SSSR count). The lowest BCUT2D eigenvalue weighted by Gasteiger charge is -2.13. The van der Waals surface area contributed by atoms with Gasteiger partial charge in [-0.05, 0) is 25.1 Å². The number of furan rings is 1. The fourth-order valence-corrected chi connectivity index (χ4v) is 2.56. The maximum atomic E-state index is 12.1. The summed E-state index contributed by atoms with van der Waals surface area (Å²) in [5, 5.41) is 6.74. The highest BCUT2D eigenvalue weighted by molar-refractivity contribution is 5.78. The second-order valence-corrected chi connectivity index (χ2v) is 5.55. The van der Waals surface area contributed by atoms with Crippen LogP contribution in [0.3, 0.4) is 0 Å². The number of nitrogens with one attached hydrogen (secondary N) is 2. The van der Waals surface area contributed by atoms with Gasteiger partial charge in [-0.2, -0.15) is 0 Å². The molecule has 0 spiro atoms. The summed E-state index contributed by atoms with van der Waals surface area (Å²) in [5.41, 5.74) is 1.74. The average Bonchev–Trinajstić information content (AvgIpc) is 3.04. The van der Waals surface area contributed by atoms with Crippen LogP contribution in [0.25, 0.3) is 11.0 Å². The molecular formula is C19H20N2O3. The van der Waals surface area contributed by atoms with Gasteiger partial charge in [-0.15, -0.1) is 0 Å². The molecule has 2 amide bonds. The molecule has 1 heterocycles. The molecule has 0 saturated heterocycles. The SMILES string of the molecule is COc1ccccc1CNC(=O)N[C@@H](C)c1cc2ccccc2o1. The number of amides is 2. The zero-order valence-corrected chi connectivity index (χ0v) is 13.7. The number of hydrogen-bond donors (Lipinski definition) is 2. The van der Waals surface area contributed by atoms with Crippen molar-refractivity contribution in [2.45, 2.75) is 19.5 Å². The summed E-state index contributed by atoms with van der Waals surface area (Å²) in [6, 6.07) is 16.8. The quantitative estimate of drug-likeness (QED) is 0.745. The molecule has 0 bridgehead atoms. The van der Waals surface area contributed by atoms with Crippen molar-refractivity contribution >= 4 is 17.0 Å². The molecule has 2 aromatic carbocycles. The first-order valence-corrected chi connectivity index (χ1v) is 7.82. The molecule has 2 N–H and O–H groups in total. The van der Waals surface area contributed by atoms with Gasteiger partial charge in [0.1, 0.15) is 17.1 Å². The molecule has 0 fully saturated rings. The third kappa shape index (κ3) is 3.51. The zero-order chi connectivity index (χ0) is 16.9. The second kappa shape index (κ2) is 7.08. The zero-order valence-electron chi connectivity index (χ0n) is 13.7. The fraction of sp³-hybridized carbons (Fsp3) is 0.211. The van der Waals surface area contributed by atoms with Crippen molar-refractivity contribution in [2.24, 2.45) is 0 Å². The summed E-state index contributed by atoms with van der Waals surface area (Å²) in [4.78, 5) is 12.1. The van der Waals surface area contributed by atoms with Crippen molar-refractivity contribution in [1.82, 2.24) is 10.6 Å². The minimum Gasteiger partial charge on any atom is -0.496 e. The lowest BCUT2D eigenvalue weighted by Crippen LogP contribution is -2.36. The van der Waals surface area contributed by atoms with Crippen LogP contribution in [0.5, 0.6) is 5.75 Å². The number of methoxy groups -OCH3 is 1. The van der Waals surface area contributed by atoms with E-state index in [0.717, 1.165) is 28.0 Å². The van der Waals surface area contributed by atoms with E-state index < -0.39 is 0 Å². The Morgan fingerprint density at radius 1 is 1.17 bits per heavy atom. The van der Waals surface area contributed by atoms with Gasteiger partial charge in [-0.1, -0.05) is 36.4 Å². The first-order chi connectivity index (χ1) is 11.7. The first kappa shape index (κ1) is 15.9. The number of fused-ring (bicyclic) bond motifs is 1. The maximum absolute atomic E-state index is 12.1. The number of rotatable bonds is 5. The lowest BCUT2D eigenvalue weighted by molar-refractivity contribution is 0.236. The van der Waals surface area contributed by atoms with Crippen molar-refractivity contribution in [1.29, 1.82) is 0 Å². The molecule has 0 saturated carbocycles. The van der Waals surface area contributed by atoms with Crippen molar-refractivity contribution in [3.8, 4) is 5.75 Å². The number of para-hydroxylation sites is 2. The molecule has 5 heteroatoms. The molecule has 1 aromatic heterocycles. The predicted octanol–water partition coefficient (Wildman–Crippen LogP) is 4.00. The third-order valence-electron chi connectivity index (χ3n) is 3.85. The number of benzene rings is 2. The van der Waals surface area contributed by atoms with E-state index in [2.05, 4.69) is 10.6 Å². The van der Waals surface area contributed by atoms with Crippen LogP contribution in [0.1, 0.15) is 24.3 Å². The van der Waals surface area contributed by atoms with Crippen molar-refractivity contribution in [3.05, 3.63) is 65.9 Å². The number of hydrogen-bond acceptors (Lipinski definition) is 3. The molecule has 1 atom stereocenters. The Labute approximate surface area is 140 Å². The summed E-state index contributed by atoms with van der Waals surface area (Å²) in [6.45, 7) is 2.28. The van der Waals surface area contributed by atoms with Gasteiger partial charge in [0.05, 0.1) is 13.2 Å². The highest BCUT2D eigenvalue weighted by atomic mass is 16.5. The van der Waals surface area contributed by atoms with Gasteiger partial charge < -0.3 is 19.8 Å². The summed E-state index contributed by atoms with van der Waals surface area (Å²) in [6.07, 6.45) is 0. The number of carbonyl (C=O) groups excluding carboxylic acids is 1. The van der Waals surface area contributed by atoms with E-state index >= 15 is 0 Å². The summed E-state index contributed by atoms with van der Waals surface area (Å²) >= 11 is 0. The second-order valence-electron chi connectivity index (χ2n) is 5.55. The molecule has 3 aromatic rings. The summed E-state index contributed by atoms with van der Waals surface area (Å²) < 4.78 is 11.0. The molecule has 0 radical (unpaired) electrons. The molecule has 24 heavy (non-hydrogen) atoms. The van der Waals surface area contributed by atoms with Crippen molar-refractivity contribution in [3.63, 3.8) is 0 Å². The van der Waals surface area contributed by atoms with Crippen molar-refractivity contribution < 1.29 is 13.9 Å². The van der Waals surface area contributed by atoms with Gasteiger partial charge in [0.15, 0.2) is 0 Å². The minimum atomic E-state index is -0.256. The largest absolute Gasteiger partial charge is 0.496 e. The molecule has 5 nitrogen and oxygen atoms in total. The van der Waals surface area contributed by atoms with E-state index in [0.29, 0.717) is 6.54 Å². The third-order valence-corrected chi connectivity index (χ3v) is 3.85. The average molecular weight is 324 g/mol. The maximum Gasteiger partial charge on any atom is 0.315 e. The van der Waals surface area contributed by atoms with Crippen LogP contribution >= 0.6 is 0 Å². The Kier molecular flexibility index (Phi) is 4.70. The molecule has 0 aliphatic carbocycles. The van der Waals surface area contributed by atoms with E-state index in [1.165, 1.54) is 0 Å². The Balaban J connectivity index is 1.60. The van der Waals surface area contributed by atoms with Gasteiger partial charge in [0.2, 0.25) is 0 Å². The van der Waals surface area contributed by atoms with Gasteiger partial charge in [-0.25, -0.2) is 4.79 Å². The van der Waals surface area contributed by atoms with Crippen molar-refractivity contribution in [2.75, 3.05) is 7.11 Å². The Hall–Kier alpha value is -2.95.